The first-order chi connectivity index (χ1) is 9.09. The number of ether oxygens (including phenoxy) is 1. The van der Waals surface area contributed by atoms with Crippen LogP contribution >= 0.6 is 0 Å². The monoisotopic (exact) mass is 259 g/mol. The van der Waals surface area contributed by atoms with E-state index >= 15 is 0 Å². The second-order valence-corrected chi connectivity index (χ2v) is 5.94. The number of carbonyl (C=O) groups excluding carboxylic acids is 1. The Morgan fingerprint density at radius 3 is 2.68 bits per heavy atom. The number of benzene rings is 1. The van der Waals surface area contributed by atoms with Crippen LogP contribution in [-0.2, 0) is 9.53 Å². The number of nitrogens with zero attached hydrogens (tertiary/aromatic N) is 1. The van der Waals surface area contributed by atoms with Crippen molar-refractivity contribution in [1.82, 2.24) is 4.90 Å². The van der Waals surface area contributed by atoms with Crippen LogP contribution in [0.15, 0.2) is 30.3 Å². The molecule has 4 atom stereocenters. The molecule has 0 aromatic heterocycles. The SMILES string of the molecule is CCC1C(C)C(=O)N2C(c3ccccc3)OCC12C. The molecule has 2 saturated heterocycles. The maximum Gasteiger partial charge on any atom is 0.228 e. The molecule has 1 amide bonds. The van der Waals surface area contributed by atoms with E-state index in [9.17, 15) is 4.79 Å². The predicted molar refractivity (Wildman–Crippen MR) is 73.3 cm³/mol. The Labute approximate surface area is 114 Å². The first-order valence-corrected chi connectivity index (χ1v) is 7.09. The number of fused-ring (bicyclic) bond motifs is 1. The number of hydrogen-bond acceptors (Lipinski definition) is 2. The predicted octanol–water partition coefficient (Wildman–Crippen LogP) is 2.98. The molecule has 102 valence electrons. The van der Waals surface area contributed by atoms with Crippen LogP contribution in [0.5, 0.6) is 0 Å². The third-order valence-corrected chi connectivity index (χ3v) is 4.87. The van der Waals surface area contributed by atoms with Gasteiger partial charge in [-0.1, -0.05) is 50.6 Å². The largest absolute Gasteiger partial charge is 0.351 e. The molecule has 0 saturated carbocycles. The van der Waals surface area contributed by atoms with E-state index < -0.39 is 0 Å². The summed E-state index contributed by atoms with van der Waals surface area (Å²) in [6, 6.07) is 10.0. The van der Waals surface area contributed by atoms with Gasteiger partial charge in [-0.3, -0.25) is 4.79 Å². The molecule has 1 aromatic carbocycles. The minimum Gasteiger partial charge on any atom is -0.351 e. The molecule has 0 radical (unpaired) electrons. The van der Waals surface area contributed by atoms with Crippen LogP contribution < -0.4 is 0 Å². The molecule has 2 heterocycles. The molecular formula is C16H21NO2. The molecule has 2 aliphatic rings. The highest BCUT2D eigenvalue weighted by atomic mass is 16.5. The first-order valence-electron chi connectivity index (χ1n) is 7.09. The Balaban J connectivity index is 1.99. The highest BCUT2D eigenvalue weighted by molar-refractivity contribution is 5.83. The van der Waals surface area contributed by atoms with Crippen LogP contribution in [0.4, 0.5) is 0 Å². The lowest BCUT2D eigenvalue weighted by molar-refractivity contribution is -0.138. The Bertz CT molecular complexity index is 487. The lowest BCUT2D eigenvalue weighted by Crippen LogP contribution is -2.44. The van der Waals surface area contributed by atoms with Crippen molar-refractivity contribution in [1.29, 1.82) is 0 Å². The van der Waals surface area contributed by atoms with Gasteiger partial charge in [0.1, 0.15) is 0 Å². The van der Waals surface area contributed by atoms with Crippen LogP contribution in [0.3, 0.4) is 0 Å². The molecule has 0 spiro atoms. The van der Waals surface area contributed by atoms with Crippen molar-refractivity contribution in [2.45, 2.75) is 39.0 Å². The van der Waals surface area contributed by atoms with Gasteiger partial charge in [-0.05, 0) is 12.8 Å². The molecule has 0 bridgehead atoms. The van der Waals surface area contributed by atoms with Gasteiger partial charge < -0.3 is 9.64 Å². The quantitative estimate of drug-likeness (QED) is 0.817. The fourth-order valence-corrected chi connectivity index (χ4v) is 3.90. The summed E-state index contributed by atoms with van der Waals surface area (Å²) in [6.07, 6.45) is 0.808. The number of rotatable bonds is 2. The van der Waals surface area contributed by atoms with Crippen molar-refractivity contribution in [3.63, 3.8) is 0 Å². The van der Waals surface area contributed by atoms with E-state index in [-0.39, 0.29) is 23.6 Å². The standard InChI is InChI=1S/C16H21NO2/c1-4-13-11(2)14(18)17-15(19-10-16(13,17)3)12-8-6-5-7-9-12/h5-9,11,13,15H,4,10H2,1-3H3. The maximum absolute atomic E-state index is 12.6. The van der Waals surface area contributed by atoms with Crippen molar-refractivity contribution in [3.8, 4) is 0 Å². The van der Waals surface area contributed by atoms with Crippen molar-refractivity contribution >= 4 is 5.91 Å². The van der Waals surface area contributed by atoms with Crippen LogP contribution in [0.25, 0.3) is 0 Å². The lowest BCUT2D eigenvalue weighted by atomic mass is 9.80. The topological polar surface area (TPSA) is 29.5 Å². The summed E-state index contributed by atoms with van der Waals surface area (Å²) < 4.78 is 5.96. The van der Waals surface area contributed by atoms with Gasteiger partial charge in [0.15, 0.2) is 6.23 Å². The Kier molecular flexibility index (Phi) is 2.90. The minimum atomic E-state index is -0.210. The summed E-state index contributed by atoms with van der Waals surface area (Å²) in [4.78, 5) is 14.6. The minimum absolute atomic E-state index is 0.102. The fourth-order valence-electron chi connectivity index (χ4n) is 3.90. The molecule has 3 nitrogen and oxygen atoms in total. The van der Waals surface area contributed by atoms with E-state index in [0.717, 1.165) is 12.0 Å². The fraction of sp³-hybridized carbons (Fsp3) is 0.562. The smallest absolute Gasteiger partial charge is 0.228 e. The van der Waals surface area contributed by atoms with Gasteiger partial charge >= 0.3 is 0 Å². The molecule has 4 unspecified atom stereocenters. The number of hydrogen-bond donors (Lipinski definition) is 0. The third-order valence-electron chi connectivity index (χ3n) is 4.87. The second kappa shape index (κ2) is 4.34. The average molecular weight is 259 g/mol. The summed E-state index contributed by atoms with van der Waals surface area (Å²) in [6.45, 7) is 7.04. The zero-order valence-corrected chi connectivity index (χ0v) is 11.8. The highest BCUT2D eigenvalue weighted by Crippen LogP contribution is 2.50. The van der Waals surface area contributed by atoms with E-state index in [2.05, 4.69) is 20.8 Å². The Hall–Kier alpha value is -1.35. The molecule has 19 heavy (non-hydrogen) atoms. The number of carbonyl (C=O) groups is 1. The van der Waals surface area contributed by atoms with Gasteiger partial charge in [0, 0.05) is 11.5 Å². The van der Waals surface area contributed by atoms with Gasteiger partial charge in [-0.15, -0.1) is 0 Å². The van der Waals surface area contributed by atoms with Crippen LogP contribution in [0.1, 0.15) is 39.0 Å². The van der Waals surface area contributed by atoms with E-state index in [4.69, 9.17) is 4.74 Å². The van der Waals surface area contributed by atoms with Crippen LogP contribution in [0, 0.1) is 11.8 Å². The molecule has 0 N–H and O–H groups in total. The summed E-state index contributed by atoms with van der Waals surface area (Å²) in [7, 11) is 0. The first kappa shape index (κ1) is 12.7. The maximum atomic E-state index is 12.6. The van der Waals surface area contributed by atoms with Crippen LogP contribution in [-0.4, -0.2) is 23.0 Å². The molecule has 0 aliphatic carbocycles. The van der Waals surface area contributed by atoms with Gasteiger partial charge in [-0.25, -0.2) is 0 Å². The number of amides is 1. The normalized spacial score (nSPS) is 37.7. The lowest BCUT2D eigenvalue weighted by Gasteiger charge is -2.33. The summed E-state index contributed by atoms with van der Waals surface area (Å²) >= 11 is 0. The van der Waals surface area contributed by atoms with Crippen molar-refractivity contribution in [2.75, 3.05) is 6.61 Å². The average Bonchev–Trinajstić information content (AvgIpc) is 2.85. The van der Waals surface area contributed by atoms with Gasteiger partial charge in [0.2, 0.25) is 5.91 Å². The Morgan fingerprint density at radius 1 is 1.37 bits per heavy atom. The van der Waals surface area contributed by atoms with Crippen molar-refractivity contribution in [3.05, 3.63) is 35.9 Å². The summed E-state index contributed by atoms with van der Waals surface area (Å²) in [5.74, 6) is 0.722. The van der Waals surface area contributed by atoms with E-state index in [0.29, 0.717) is 12.5 Å². The van der Waals surface area contributed by atoms with Crippen molar-refractivity contribution < 1.29 is 9.53 Å². The summed E-state index contributed by atoms with van der Waals surface area (Å²) in [5, 5.41) is 0. The van der Waals surface area contributed by atoms with E-state index in [1.54, 1.807) is 0 Å². The van der Waals surface area contributed by atoms with Gasteiger partial charge in [0.05, 0.1) is 12.1 Å². The Morgan fingerprint density at radius 2 is 2.05 bits per heavy atom. The molecule has 2 fully saturated rings. The zero-order valence-electron chi connectivity index (χ0n) is 11.8. The van der Waals surface area contributed by atoms with Crippen molar-refractivity contribution in [2.24, 2.45) is 11.8 Å². The second-order valence-electron chi connectivity index (χ2n) is 5.94. The molecule has 2 aliphatic heterocycles. The summed E-state index contributed by atoms with van der Waals surface area (Å²) in [5.41, 5.74) is 0.926. The highest BCUT2D eigenvalue weighted by Gasteiger charge is 2.59. The molecule has 3 heteroatoms. The third kappa shape index (κ3) is 1.64. The zero-order chi connectivity index (χ0) is 13.6. The van der Waals surface area contributed by atoms with Crippen LogP contribution in [0.2, 0.25) is 0 Å². The molecule has 1 aromatic rings. The van der Waals surface area contributed by atoms with Gasteiger partial charge in [0.25, 0.3) is 0 Å². The van der Waals surface area contributed by atoms with Gasteiger partial charge in [-0.2, -0.15) is 0 Å². The van der Waals surface area contributed by atoms with E-state index in [1.165, 1.54) is 0 Å². The molecule has 3 rings (SSSR count). The molecular weight excluding hydrogens is 238 g/mol. The van der Waals surface area contributed by atoms with E-state index in [1.807, 2.05) is 35.2 Å².